The minimum absolute atomic E-state index is 0.609. The SMILES string of the molecule is CCC1(C)CCN(CCNCc2sccc2C)CC1. The van der Waals surface area contributed by atoms with E-state index in [9.17, 15) is 0 Å². The normalized spacial score (nSPS) is 19.7. The van der Waals surface area contributed by atoms with E-state index in [0.29, 0.717) is 5.41 Å². The van der Waals surface area contributed by atoms with Gasteiger partial charge in [-0.25, -0.2) is 0 Å². The molecular formula is C16H28N2S. The van der Waals surface area contributed by atoms with Gasteiger partial charge in [0.15, 0.2) is 0 Å². The van der Waals surface area contributed by atoms with E-state index in [1.165, 1.54) is 49.3 Å². The highest BCUT2D eigenvalue weighted by Gasteiger charge is 2.27. The smallest absolute Gasteiger partial charge is 0.0302 e. The Morgan fingerprint density at radius 3 is 2.68 bits per heavy atom. The van der Waals surface area contributed by atoms with Gasteiger partial charge in [0.2, 0.25) is 0 Å². The lowest BCUT2D eigenvalue weighted by Crippen LogP contribution is -2.41. The van der Waals surface area contributed by atoms with Crippen LogP contribution in [0, 0.1) is 12.3 Å². The average molecular weight is 280 g/mol. The third-order valence-corrected chi connectivity index (χ3v) is 5.80. The summed E-state index contributed by atoms with van der Waals surface area (Å²) in [4.78, 5) is 4.10. The van der Waals surface area contributed by atoms with E-state index < -0.39 is 0 Å². The number of nitrogens with one attached hydrogen (secondary N) is 1. The summed E-state index contributed by atoms with van der Waals surface area (Å²) in [5, 5.41) is 5.76. The average Bonchev–Trinajstić information content (AvgIpc) is 2.83. The summed E-state index contributed by atoms with van der Waals surface area (Å²) in [6, 6.07) is 2.21. The Kier molecular flexibility index (Phi) is 5.43. The van der Waals surface area contributed by atoms with Gasteiger partial charge >= 0.3 is 0 Å². The molecule has 1 fully saturated rings. The molecule has 0 bridgehead atoms. The molecule has 1 saturated heterocycles. The quantitative estimate of drug-likeness (QED) is 0.800. The van der Waals surface area contributed by atoms with Gasteiger partial charge in [-0.1, -0.05) is 20.3 Å². The molecule has 3 heteroatoms. The molecule has 2 heterocycles. The number of aryl methyl sites for hydroxylation is 1. The molecule has 1 aliphatic rings. The summed E-state index contributed by atoms with van der Waals surface area (Å²) >= 11 is 1.86. The van der Waals surface area contributed by atoms with Crippen LogP contribution in [0.2, 0.25) is 0 Å². The van der Waals surface area contributed by atoms with E-state index in [1.807, 2.05) is 11.3 Å². The van der Waals surface area contributed by atoms with Crippen LogP contribution in [0.25, 0.3) is 0 Å². The Labute approximate surface area is 122 Å². The van der Waals surface area contributed by atoms with Gasteiger partial charge in [-0.3, -0.25) is 0 Å². The van der Waals surface area contributed by atoms with Gasteiger partial charge in [0.05, 0.1) is 0 Å². The van der Waals surface area contributed by atoms with E-state index in [2.05, 4.69) is 42.4 Å². The molecule has 1 aromatic rings. The van der Waals surface area contributed by atoms with Gasteiger partial charge in [0, 0.05) is 24.5 Å². The predicted octanol–water partition coefficient (Wildman–Crippen LogP) is 3.66. The van der Waals surface area contributed by atoms with Crippen molar-refractivity contribution >= 4 is 11.3 Å². The Balaban J connectivity index is 1.61. The largest absolute Gasteiger partial charge is 0.311 e. The van der Waals surface area contributed by atoms with E-state index in [4.69, 9.17) is 0 Å². The number of hydrogen-bond acceptors (Lipinski definition) is 3. The number of piperidine rings is 1. The van der Waals surface area contributed by atoms with E-state index >= 15 is 0 Å². The summed E-state index contributed by atoms with van der Waals surface area (Å²) in [7, 11) is 0. The molecule has 1 aliphatic heterocycles. The Morgan fingerprint density at radius 1 is 1.37 bits per heavy atom. The van der Waals surface area contributed by atoms with Crippen LogP contribution < -0.4 is 5.32 Å². The van der Waals surface area contributed by atoms with Crippen molar-refractivity contribution in [1.29, 1.82) is 0 Å². The van der Waals surface area contributed by atoms with Gasteiger partial charge in [-0.15, -0.1) is 11.3 Å². The monoisotopic (exact) mass is 280 g/mol. The predicted molar refractivity (Wildman–Crippen MR) is 84.8 cm³/mol. The molecule has 0 aromatic carbocycles. The van der Waals surface area contributed by atoms with Crippen LogP contribution in [0.4, 0.5) is 0 Å². The fourth-order valence-corrected chi connectivity index (χ4v) is 3.57. The number of hydrogen-bond donors (Lipinski definition) is 1. The highest BCUT2D eigenvalue weighted by Crippen LogP contribution is 2.33. The second-order valence-corrected chi connectivity index (χ2v) is 7.21. The summed E-state index contributed by atoms with van der Waals surface area (Å²) in [6.07, 6.45) is 4.07. The van der Waals surface area contributed by atoms with Crippen LogP contribution in [0.5, 0.6) is 0 Å². The van der Waals surface area contributed by atoms with E-state index in [1.54, 1.807) is 0 Å². The number of thiophene rings is 1. The molecule has 2 rings (SSSR count). The number of likely N-dealkylation sites (tertiary alicyclic amines) is 1. The van der Waals surface area contributed by atoms with Crippen LogP contribution in [0.3, 0.4) is 0 Å². The first-order chi connectivity index (χ1) is 9.13. The fourth-order valence-electron chi connectivity index (χ4n) is 2.69. The molecule has 0 amide bonds. The molecule has 0 aliphatic carbocycles. The van der Waals surface area contributed by atoms with Gasteiger partial charge in [-0.2, -0.15) is 0 Å². The third-order valence-electron chi connectivity index (χ3n) is 4.78. The van der Waals surface area contributed by atoms with Crippen LogP contribution in [-0.2, 0) is 6.54 Å². The van der Waals surface area contributed by atoms with E-state index in [0.717, 1.165) is 13.1 Å². The molecule has 0 saturated carbocycles. The second kappa shape index (κ2) is 6.87. The van der Waals surface area contributed by atoms with Gasteiger partial charge in [-0.05, 0) is 55.3 Å². The summed E-state index contributed by atoms with van der Waals surface area (Å²) in [5.41, 5.74) is 2.03. The minimum atomic E-state index is 0.609. The second-order valence-electron chi connectivity index (χ2n) is 6.21. The molecule has 1 N–H and O–H groups in total. The maximum Gasteiger partial charge on any atom is 0.0302 e. The van der Waals surface area contributed by atoms with Gasteiger partial charge < -0.3 is 10.2 Å². The lowest BCUT2D eigenvalue weighted by Gasteiger charge is -2.38. The van der Waals surface area contributed by atoms with Crippen molar-refractivity contribution in [1.82, 2.24) is 10.2 Å². The zero-order chi connectivity index (χ0) is 13.7. The summed E-state index contributed by atoms with van der Waals surface area (Å²) in [6.45, 7) is 12.9. The van der Waals surface area contributed by atoms with Gasteiger partial charge in [0.1, 0.15) is 0 Å². The van der Waals surface area contributed by atoms with Crippen molar-refractivity contribution in [3.8, 4) is 0 Å². The molecule has 1 aromatic heterocycles. The molecule has 0 unspecified atom stereocenters. The van der Waals surface area contributed by atoms with Crippen LogP contribution in [0.1, 0.15) is 43.6 Å². The molecule has 0 spiro atoms. The van der Waals surface area contributed by atoms with Crippen LogP contribution >= 0.6 is 11.3 Å². The number of rotatable bonds is 6. The lowest BCUT2D eigenvalue weighted by molar-refractivity contribution is 0.115. The first kappa shape index (κ1) is 15.0. The van der Waals surface area contributed by atoms with Crippen LogP contribution in [0.15, 0.2) is 11.4 Å². The first-order valence-electron chi connectivity index (χ1n) is 7.59. The third kappa shape index (κ3) is 4.30. The highest BCUT2D eigenvalue weighted by atomic mass is 32.1. The maximum atomic E-state index is 3.58. The zero-order valence-electron chi connectivity index (χ0n) is 12.7. The lowest BCUT2D eigenvalue weighted by atomic mass is 9.78. The standard InChI is InChI=1S/C16H28N2S/c1-4-16(3)6-9-18(10-7-16)11-8-17-13-15-14(2)5-12-19-15/h5,12,17H,4,6-11,13H2,1-3H3. The zero-order valence-corrected chi connectivity index (χ0v) is 13.5. The summed E-state index contributed by atoms with van der Waals surface area (Å²) in [5.74, 6) is 0. The molecule has 0 atom stereocenters. The van der Waals surface area contributed by atoms with Crippen molar-refractivity contribution in [3.05, 3.63) is 21.9 Å². The van der Waals surface area contributed by atoms with Crippen molar-refractivity contribution < 1.29 is 0 Å². The highest BCUT2D eigenvalue weighted by molar-refractivity contribution is 7.10. The fraction of sp³-hybridized carbons (Fsp3) is 0.750. The van der Waals surface area contributed by atoms with Crippen molar-refractivity contribution in [2.24, 2.45) is 5.41 Å². The Bertz CT molecular complexity index is 378. The maximum absolute atomic E-state index is 3.58. The molecule has 2 nitrogen and oxygen atoms in total. The molecule has 19 heavy (non-hydrogen) atoms. The number of nitrogens with zero attached hydrogens (tertiary/aromatic N) is 1. The van der Waals surface area contributed by atoms with Crippen LogP contribution in [-0.4, -0.2) is 31.1 Å². The molecule has 108 valence electrons. The first-order valence-corrected chi connectivity index (χ1v) is 8.47. The molecular weight excluding hydrogens is 252 g/mol. The summed E-state index contributed by atoms with van der Waals surface area (Å²) < 4.78 is 0. The van der Waals surface area contributed by atoms with Crippen molar-refractivity contribution in [2.75, 3.05) is 26.2 Å². The van der Waals surface area contributed by atoms with Crippen molar-refractivity contribution in [3.63, 3.8) is 0 Å². The van der Waals surface area contributed by atoms with Crippen molar-refractivity contribution in [2.45, 2.75) is 46.6 Å². The topological polar surface area (TPSA) is 15.3 Å². The van der Waals surface area contributed by atoms with Gasteiger partial charge in [0.25, 0.3) is 0 Å². The minimum Gasteiger partial charge on any atom is -0.311 e. The Morgan fingerprint density at radius 2 is 2.11 bits per heavy atom. The van der Waals surface area contributed by atoms with E-state index in [-0.39, 0.29) is 0 Å². The molecule has 0 radical (unpaired) electrons. The Hall–Kier alpha value is -0.380.